The highest BCUT2D eigenvalue weighted by atomic mass is 32.1. The molecule has 0 saturated carbocycles. The topological polar surface area (TPSA) is 62.7 Å². The zero-order chi connectivity index (χ0) is 12.3. The zero-order valence-corrected chi connectivity index (χ0v) is 10.6. The number of aromatic nitrogens is 1. The third-order valence-electron chi connectivity index (χ3n) is 2.76. The molecule has 1 fully saturated rings. The fourth-order valence-corrected chi connectivity index (χ4v) is 2.78. The van der Waals surface area contributed by atoms with Crippen molar-refractivity contribution in [1.82, 2.24) is 4.98 Å². The summed E-state index contributed by atoms with van der Waals surface area (Å²) in [5, 5.41) is 9.64. The number of anilines is 1. The summed E-state index contributed by atoms with van der Waals surface area (Å²) < 4.78 is 5.61. The Morgan fingerprint density at radius 2 is 2.59 bits per heavy atom. The molecule has 0 bridgehead atoms. The first-order chi connectivity index (χ1) is 8.20. The molecular weight excluding hydrogens is 240 g/mol. The van der Waals surface area contributed by atoms with Crippen molar-refractivity contribution in [2.75, 3.05) is 24.6 Å². The van der Waals surface area contributed by atoms with E-state index in [-0.39, 0.29) is 6.10 Å². The molecule has 5 nitrogen and oxygen atoms in total. The highest BCUT2D eigenvalue weighted by molar-refractivity contribution is 7.17. The van der Waals surface area contributed by atoms with Crippen molar-refractivity contribution in [1.29, 1.82) is 0 Å². The van der Waals surface area contributed by atoms with Crippen LogP contribution in [0.25, 0.3) is 0 Å². The summed E-state index contributed by atoms with van der Waals surface area (Å²) in [6, 6.07) is 0. The fourth-order valence-electron chi connectivity index (χ4n) is 1.99. The van der Waals surface area contributed by atoms with Crippen LogP contribution in [0.15, 0.2) is 6.20 Å². The van der Waals surface area contributed by atoms with Crippen molar-refractivity contribution >= 4 is 22.4 Å². The van der Waals surface area contributed by atoms with Gasteiger partial charge in [-0.1, -0.05) is 11.3 Å². The van der Waals surface area contributed by atoms with Gasteiger partial charge >= 0.3 is 5.97 Å². The van der Waals surface area contributed by atoms with Crippen molar-refractivity contribution < 1.29 is 14.6 Å². The predicted octanol–water partition coefficient (Wildman–Crippen LogP) is 1.85. The average Bonchev–Trinajstić information content (AvgIpc) is 2.79. The Morgan fingerprint density at radius 3 is 3.24 bits per heavy atom. The smallest absolute Gasteiger partial charge is 0.347 e. The summed E-state index contributed by atoms with van der Waals surface area (Å²) >= 11 is 1.23. The largest absolute Gasteiger partial charge is 0.477 e. The first-order valence-electron chi connectivity index (χ1n) is 5.76. The van der Waals surface area contributed by atoms with Gasteiger partial charge in [-0.05, 0) is 19.8 Å². The van der Waals surface area contributed by atoms with Crippen LogP contribution in [0.3, 0.4) is 0 Å². The summed E-state index contributed by atoms with van der Waals surface area (Å²) in [5.74, 6) is -0.910. The van der Waals surface area contributed by atoms with Crippen LogP contribution in [-0.2, 0) is 4.74 Å². The molecule has 1 aromatic rings. The van der Waals surface area contributed by atoms with Gasteiger partial charge in [-0.25, -0.2) is 9.78 Å². The quantitative estimate of drug-likeness (QED) is 0.890. The molecule has 6 heteroatoms. The summed E-state index contributed by atoms with van der Waals surface area (Å²) in [6.07, 6.45) is 3.80. The lowest BCUT2D eigenvalue weighted by atomic mass is 10.1. The first kappa shape index (κ1) is 12.3. The maximum absolute atomic E-state index is 10.8. The molecule has 2 heterocycles. The van der Waals surface area contributed by atoms with Gasteiger partial charge in [0.15, 0.2) is 5.13 Å². The van der Waals surface area contributed by atoms with Crippen LogP contribution in [0.4, 0.5) is 5.13 Å². The zero-order valence-electron chi connectivity index (χ0n) is 9.76. The molecule has 0 aromatic carbocycles. The van der Waals surface area contributed by atoms with Gasteiger partial charge in [0.05, 0.1) is 12.3 Å². The van der Waals surface area contributed by atoms with Gasteiger partial charge in [0.25, 0.3) is 0 Å². The maximum atomic E-state index is 10.8. The third kappa shape index (κ3) is 2.95. The van der Waals surface area contributed by atoms with Crippen molar-refractivity contribution in [3.63, 3.8) is 0 Å². The monoisotopic (exact) mass is 256 g/mol. The normalized spacial score (nSPS) is 20.5. The minimum atomic E-state index is -0.910. The summed E-state index contributed by atoms with van der Waals surface area (Å²) in [7, 11) is 0. The summed E-state index contributed by atoms with van der Waals surface area (Å²) in [6.45, 7) is 4.44. The molecular formula is C11H16N2O3S. The Hall–Kier alpha value is -1.14. The molecule has 94 valence electrons. The molecule has 1 aromatic heterocycles. The summed E-state index contributed by atoms with van der Waals surface area (Å²) in [5.41, 5.74) is 0. The van der Waals surface area contributed by atoms with Crippen molar-refractivity contribution in [2.45, 2.75) is 25.9 Å². The predicted molar refractivity (Wildman–Crippen MR) is 65.9 cm³/mol. The lowest BCUT2D eigenvalue weighted by molar-refractivity contribution is 0.0526. The van der Waals surface area contributed by atoms with E-state index in [2.05, 4.69) is 9.88 Å². The Kier molecular flexibility index (Phi) is 3.96. The number of piperidine rings is 1. The number of carbonyl (C=O) groups is 1. The van der Waals surface area contributed by atoms with E-state index in [4.69, 9.17) is 9.84 Å². The Labute approximate surface area is 104 Å². The number of thiazole rings is 1. The number of ether oxygens (including phenoxy) is 1. The van der Waals surface area contributed by atoms with Gasteiger partial charge in [-0.15, -0.1) is 0 Å². The van der Waals surface area contributed by atoms with Crippen LogP contribution in [0.1, 0.15) is 29.4 Å². The summed E-state index contributed by atoms with van der Waals surface area (Å²) in [4.78, 5) is 17.4. The van der Waals surface area contributed by atoms with Crippen molar-refractivity contribution in [2.24, 2.45) is 0 Å². The number of rotatable bonds is 4. The second kappa shape index (κ2) is 5.46. The van der Waals surface area contributed by atoms with E-state index in [0.29, 0.717) is 4.88 Å². The average molecular weight is 256 g/mol. The molecule has 17 heavy (non-hydrogen) atoms. The number of carboxylic acid groups (broad SMARTS) is 1. The lowest BCUT2D eigenvalue weighted by Crippen LogP contribution is -2.39. The second-order valence-corrected chi connectivity index (χ2v) is 4.99. The SMILES string of the molecule is CCOC1CCCN(c2ncc(C(=O)O)s2)C1. The molecule has 0 amide bonds. The lowest BCUT2D eigenvalue weighted by Gasteiger charge is -2.32. The number of hydrogen-bond acceptors (Lipinski definition) is 5. The number of carboxylic acids is 1. The molecule has 1 aliphatic rings. The van der Waals surface area contributed by atoms with E-state index in [0.717, 1.165) is 37.7 Å². The molecule has 1 N–H and O–H groups in total. The highest BCUT2D eigenvalue weighted by Crippen LogP contribution is 2.26. The van der Waals surface area contributed by atoms with Gasteiger partial charge in [-0.2, -0.15) is 0 Å². The standard InChI is InChI=1S/C11H16N2O3S/c1-2-16-8-4-3-5-13(7-8)11-12-6-9(17-11)10(14)15/h6,8H,2-5,7H2,1H3,(H,14,15). The van der Waals surface area contributed by atoms with E-state index in [1.165, 1.54) is 17.5 Å². The molecule has 1 aliphatic heterocycles. The molecule has 0 aliphatic carbocycles. The Bertz CT molecular complexity index is 392. The van der Waals surface area contributed by atoms with E-state index in [1.807, 2.05) is 6.92 Å². The number of nitrogens with zero attached hydrogens (tertiary/aromatic N) is 2. The number of hydrogen-bond donors (Lipinski definition) is 1. The Balaban J connectivity index is 2.02. The minimum Gasteiger partial charge on any atom is -0.477 e. The van der Waals surface area contributed by atoms with Crippen molar-refractivity contribution in [3.8, 4) is 0 Å². The van der Waals surface area contributed by atoms with Crippen molar-refractivity contribution in [3.05, 3.63) is 11.1 Å². The molecule has 1 saturated heterocycles. The fraction of sp³-hybridized carbons (Fsp3) is 0.636. The maximum Gasteiger partial charge on any atom is 0.347 e. The molecule has 1 atom stereocenters. The number of aromatic carboxylic acids is 1. The van der Waals surface area contributed by atoms with E-state index < -0.39 is 5.97 Å². The van der Waals surface area contributed by atoms with Crippen LogP contribution in [-0.4, -0.2) is 41.9 Å². The van der Waals surface area contributed by atoms with Crippen LogP contribution >= 0.6 is 11.3 Å². The van der Waals surface area contributed by atoms with Crippen LogP contribution in [0.2, 0.25) is 0 Å². The van der Waals surface area contributed by atoms with Crippen LogP contribution < -0.4 is 4.90 Å². The van der Waals surface area contributed by atoms with Gasteiger partial charge in [0, 0.05) is 19.7 Å². The van der Waals surface area contributed by atoms with Gasteiger partial charge in [0.1, 0.15) is 4.88 Å². The third-order valence-corrected chi connectivity index (χ3v) is 3.80. The first-order valence-corrected chi connectivity index (χ1v) is 6.58. The van der Waals surface area contributed by atoms with E-state index in [9.17, 15) is 4.79 Å². The molecule has 0 radical (unpaired) electrons. The van der Waals surface area contributed by atoms with Gasteiger partial charge in [-0.3, -0.25) is 0 Å². The molecule has 1 unspecified atom stereocenters. The molecule has 0 spiro atoms. The Morgan fingerprint density at radius 1 is 1.76 bits per heavy atom. The van der Waals surface area contributed by atoms with Crippen LogP contribution in [0.5, 0.6) is 0 Å². The minimum absolute atomic E-state index is 0.242. The highest BCUT2D eigenvalue weighted by Gasteiger charge is 2.22. The van der Waals surface area contributed by atoms with E-state index in [1.54, 1.807) is 0 Å². The van der Waals surface area contributed by atoms with E-state index >= 15 is 0 Å². The van der Waals surface area contributed by atoms with Gasteiger partial charge in [0.2, 0.25) is 0 Å². The van der Waals surface area contributed by atoms with Gasteiger partial charge < -0.3 is 14.7 Å². The second-order valence-electron chi connectivity index (χ2n) is 3.98. The molecule has 2 rings (SSSR count). The van der Waals surface area contributed by atoms with Crippen LogP contribution in [0, 0.1) is 0 Å².